The number of ether oxygens (including phenoxy) is 1. The van der Waals surface area contributed by atoms with Gasteiger partial charge in [0.15, 0.2) is 6.61 Å². The zero-order valence-electron chi connectivity index (χ0n) is 22.3. The number of H-pyrrole nitrogens is 1. The number of thiazole rings is 1. The molecule has 43 heavy (non-hydrogen) atoms. The Hall–Kier alpha value is -4.74. The van der Waals surface area contributed by atoms with E-state index in [0.29, 0.717) is 26.9 Å². The van der Waals surface area contributed by atoms with Gasteiger partial charge in [-0.15, -0.1) is 0 Å². The zero-order valence-corrected chi connectivity index (χ0v) is 23.9. The van der Waals surface area contributed by atoms with Crippen LogP contribution in [-0.2, 0) is 14.4 Å². The Morgan fingerprint density at radius 3 is 2.53 bits per heavy atom. The molecule has 7 rings (SSSR count). The fraction of sp³-hybridized carbons (Fsp3) is 0.125. The first kappa shape index (κ1) is 27.1. The molecule has 2 aliphatic heterocycles. The normalized spacial score (nSPS) is 19.3. The van der Waals surface area contributed by atoms with Gasteiger partial charge in [-0.3, -0.25) is 19.2 Å². The topological polar surface area (TPSA) is 109 Å². The van der Waals surface area contributed by atoms with Gasteiger partial charge in [-0.1, -0.05) is 71.6 Å². The number of amides is 3. The standard InChI is InChI=1S/C32H22FN3O5S2/c33-19-11-13-20(14-12-19)36-30(38)26-25(27-29(35-32(40)43-27)42-28(26)31(36)39)18-7-3-8-21(15-18)41-16-24(37)34-23-10-4-6-17-5-1-2-9-22(17)23/h1-15,25-26,28H,16H2,(H,34,37)(H,35,40). The van der Waals surface area contributed by atoms with Crippen molar-refractivity contribution in [2.24, 2.45) is 5.92 Å². The predicted octanol–water partition coefficient (Wildman–Crippen LogP) is 5.54. The molecular formula is C32H22FN3O5S2. The van der Waals surface area contributed by atoms with E-state index in [0.717, 1.165) is 38.8 Å². The van der Waals surface area contributed by atoms with E-state index in [1.807, 2.05) is 48.5 Å². The van der Waals surface area contributed by atoms with Gasteiger partial charge in [-0.05, 0) is 53.4 Å². The third-order valence-electron chi connectivity index (χ3n) is 7.56. The van der Waals surface area contributed by atoms with E-state index in [1.165, 1.54) is 24.3 Å². The third kappa shape index (κ3) is 4.90. The molecule has 214 valence electrons. The van der Waals surface area contributed by atoms with Crippen molar-refractivity contribution in [3.63, 3.8) is 0 Å². The average molecular weight is 612 g/mol. The lowest BCUT2D eigenvalue weighted by atomic mass is 9.83. The fourth-order valence-electron chi connectivity index (χ4n) is 5.69. The van der Waals surface area contributed by atoms with Gasteiger partial charge in [-0.25, -0.2) is 9.29 Å². The molecule has 0 spiro atoms. The summed E-state index contributed by atoms with van der Waals surface area (Å²) in [4.78, 5) is 56.8. The first-order chi connectivity index (χ1) is 20.9. The lowest BCUT2D eigenvalue weighted by Gasteiger charge is -2.30. The summed E-state index contributed by atoms with van der Waals surface area (Å²) in [5.41, 5.74) is 1.63. The Morgan fingerprint density at radius 1 is 0.930 bits per heavy atom. The molecule has 11 heteroatoms. The minimum Gasteiger partial charge on any atom is -0.484 e. The lowest BCUT2D eigenvalue weighted by Crippen LogP contribution is -2.32. The highest BCUT2D eigenvalue weighted by atomic mass is 32.2. The van der Waals surface area contributed by atoms with Gasteiger partial charge in [0.25, 0.3) is 5.91 Å². The first-order valence-electron chi connectivity index (χ1n) is 13.4. The predicted molar refractivity (Wildman–Crippen MR) is 163 cm³/mol. The Morgan fingerprint density at radius 2 is 1.70 bits per heavy atom. The summed E-state index contributed by atoms with van der Waals surface area (Å²) in [5, 5.41) is 4.58. The molecule has 3 amide bonds. The summed E-state index contributed by atoms with van der Waals surface area (Å²) >= 11 is 2.17. The number of aromatic amines is 1. The minimum atomic E-state index is -0.800. The van der Waals surface area contributed by atoms with E-state index >= 15 is 0 Å². The van der Waals surface area contributed by atoms with Crippen molar-refractivity contribution in [2.75, 3.05) is 16.8 Å². The number of imide groups is 1. The molecule has 1 saturated heterocycles. The third-order valence-corrected chi connectivity index (χ3v) is 9.96. The minimum absolute atomic E-state index is 0.252. The van der Waals surface area contributed by atoms with Gasteiger partial charge in [0.1, 0.15) is 16.8 Å². The molecular weight excluding hydrogens is 590 g/mol. The molecule has 2 N–H and O–H groups in total. The number of hydrogen-bond acceptors (Lipinski definition) is 7. The molecule has 0 bridgehead atoms. The Bertz CT molecular complexity index is 1970. The summed E-state index contributed by atoms with van der Waals surface area (Å²) in [6.45, 7) is -0.252. The number of nitrogens with zero attached hydrogens (tertiary/aromatic N) is 1. The number of aromatic nitrogens is 1. The number of thioether (sulfide) groups is 1. The molecule has 0 radical (unpaired) electrons. The van der Waals surface area contributed by atoms with E-state index in [1.54, 1.807) is 18.2 Å². The molecule has 0 aliphatic carbocycles. The van der Waals surface area contributed by atoms with Crippen molar-refractivity contribution < 1.29 is 23.5 Å². The number of benzene rings is 4. The molecule has 2 aliphatic rings. The summed E-state index contributed by atoms with van der Waals surface area (Å²) < 4.78 is 19.4. The van der Waals surface area contributed by atoms with E-state index < -0.39 is 34.7 Å². The summed E-state index contributed by atoms with van der Waals surface area (Å²) in [6.07, 6.45) is 0. The maximum Gasteiger partial charge on any atom is 0.305 e. The fourth-order valence-corrected chi connectivity index (χ4v) is 8.20. The number of hydrogen-bond donors (Lipinski definition) is 2. The highest BCUT2D eigenvalue weighted by molar-refractivity contribution is 8.00. The van der Waals surface area contributed by atoms with Crippen LogP contribution in [0.4, 0.5) is 15.8 Å². The molecule has 5 aromatic rings. The van der Waals surface area contributed by atoms with Gasteiger partial charge in [0.05, 0.1) is 16.6 Å². The monoisotopic (exact) mass is 611 g/mol. The molecule has 1 fully saturated rings. The largest absolute Gasteiger partial charge is 0.484 e. The van der Waals surface area contributed by atoms with Crippen LogP contribution in [0.25, 0.3) is 10.8 Å². The molecule has 3 atom stereocenters. The van der Waals surface area contributed by atoms with Crippen molar-refractivity contribution in [3.05, 3.63) is 117 Å². The molecule has 3 heterocycles. The summed E-state index contributed by atoms with van der Waals surface area (Å²) in [5.74, 6) is -2.68. The van der Waals surface area contributed by atoms with Crippen molar-refractivity contribution in [1.29, 1.82) is 0 Å². The van der Waals surface area contributed by atoms with Crippen molar-refractivity contribution in [1.82, 2.24) is 4.98 Å². The van der Waals surface area contributed by atoms with Gasteiger partial charge in [0.2, 0.25) is 11.8 Å². The van der Waals surface area contributed by atoms with Crippen LogP contribution in [0, 0.1) is 11.7 Å². The van der Waals surface area contributed by atoms with E-state index in [9.17, 15) is 23.6 Å². The van der Waals surface area contributed by atoms with Crippen molar-refractivity contribution in [2.45, 2.75) is 16.2 Å². The van der Waals surface area contributed by atoms with Crippen LogP contribution in [0.1, 0.15) is 16.4 Å². The second-order valence-corrected chi connectivity index (χ2v) is 12.3. The lowest BCUT2D eigenvalue weighted by molar-refractivity contribution is -0.122. The van der Waals surface area contributed by atoms with E-state index in [4.69, 9.17) is 4.74 Å². The number of fused-ring (bicyclic) bond motifs is 3. The van der Waals surface area contributed by atoms with E-state index in [-0.39, 0.29) is 23.1 Å². The number of halogens is 1. The SMILES string of the molecule is O=C(COc1cccc(C2c3sc(=O)[nH]c3SC3C(=O)N(c4ccc(F)cc4)C(=O)C32)c1)Nc1cccc2ccccc12. The summed E-state index contributed by atoms with van der Waals surface area (Å²) in [7, 11) is 0. The average Bonchev–Trinajstić information content (AvgIpc) is 3.51. The van der Waals surface area contributed by atoms with Crippen LogP contribution in [0.2, 0.25) is 0 Å². The van der Waals surface area contributed by atoms with Crippen LogP contribution in [0.5, 0.6) is 5.75 Å². The van der Waals surface area contributed by atoms with Gasteiger partial charge in [-0.2, -0.15) is 0 Å². The second kappa shape index (κ2) is 10.8. The van der Waals surface area contributed by atoms with Crippen LogP contribution in [0.15, 0.2) is 101 Å². The number of carbonyl (C=O) groups is 3. The second-order valence-electron chi connectivity index (χ2n) is 10.2. The number of carbonyl (C=O) groups excluding carboxylic acids is 3. The Labute approximate surface area is 252 Å². The number of anilines is 2. The Kier molecular flexibility index (Phi) is 6.83. The van der Waals surface area contributed by atoms with Crippen LogP contribution < -0.4 is 19.8 Å². The van der Waals surface area contributed by atoms with Crippen LogP contribution in [0.3, 0.4) is 0 Å². The molecule has 4 aromatic carbocycles. The molecule has 8 nitrogen and oxygen atoms in total. The summed E-state index contributed by atoms with van der Waals surface area (Å²) in [6, 6.07) is 25.6. The zero-order chi connectivity index (χ0) is 29.7. The van der Waals surface area contributed by atoms with Crippen molar-refractivity contribution in [3.8, 4) is 5.75 Å². The first-order valence-corrected chi connectivity index (χ1v) is 15.1. The van der Waals surface area contributed by atoms with E-state index in [2.05, 4.69) is 10.3 Å². The quantitative estimate of drug-likeness (QED) is 0.244. The van der Waals surface area contributed by atoms with Gasteiger partial charge >= 0.3 is 4.87 Å². The van der Waals surface area contributed by atoms with Crippen LogP contribution in [-0.4, -0.2) is 34.6 Å². The maximum atomic E-state index is 13.8. The van der Waals surface area contributed by atoms with Gasteiger partial charge in [0, 0.05) is 21.9 Å². The number of nitrogens with one attached hydrogen (secondary N) is 2. The van der Waals surface area contributed by atoms with Crippen LogP contribution >= 0.6 is 23.1 Å². The van der Waals surface area contributed by atoms with Crippen molar-refractivity contribution >= 4 is 63.0 Å². The highest BCUT2D eigenvalue weighted by Gasteiger charge is 2.56. The molecule has 0 saturated carbocycles. The smallest absolute Gasteiger partial charge is 0.305 e. The van der Waals surface area contributed by atoms with Gasteiger partial charge < -0.3 is 15.0 Å². The maximum absolute atomic E-state index is 13.8. The molecule has 1 aromatic heterocycles. The highest BCUT2D eigenvalue weighted by Crippen LogP contribution is 2.53. The Balaban J connectivity index is 1.16. The molecule has 3 unspecified atom stereocenters. The number of rotatable bonds is 6.